The maximum Gasteiger partial charge on any atom is 0.137 e. The van der Waals surface area contributed by atoms with Crippen molar-refractivity contribution in [2.75, 3.05) is 4.90 Å². The maximum absolute atomic E-state index is 6.41. The number of anilines is 3. The first-order chi connectivity index (χ1) is 27.3. The van der Waals surface area contributed by atoms with E-state index >= 15 is 0 Å². The Morgan fingerprint density at radius 2 is 0.945 bits per heavy atom. The summed E-state index contributed by atoms with van der Waals surface area (Å²) in [4.78, 5) is 3.56. The zero-order valence-electron chi connectivity index (χ0n) is 29.4. The van der Waals surface area contributed by atoms with E-state index in [4.69, 9.17) is 8.83 Å². The van der Waals surface area contributed by atoms with Crippen LogP contribution in [-0.2, 0) is 0 Å². The molecular formula is C50H30N2O2S. The summed E-state index contributed by atoms with van der Waals surface area (Å²) in [6, 6.07) is 64.7. The molecular weight excluding hydrogens is 693 g/mol. The van der Waals surface area contributed by atoms with Crippen LogP contribution in [-0.4, -0.2) is 4.40 Å². The molecule has 0 aliphatic carbocycles. The highest BCUT2D eigenvalue weighted by Crippen LogP contribution is 2.46. The molecule has 0 fully saturated rings. The van der Waals surface area contributed by atoms with Crippen LogP contribution in [0.2, 0.25) is 0 Å². The molecule has 0 aliphatic heterocycles. The van der Waals surface area contributed by atoms with Gasteiger partial charge in [-0.2, -0.15) is 0 Å². The van der Waals surface area contributed by atoms with Crippen molar-refractivity contribution in [3.8, 4) is 22.3 Å². The van der Waals surface area contributed by atoms with Crippen molar-refractivity contribution >= 4 is 98.2 Å². The molecule has 0 radical (unpaired) electrons. The van der Waals surface area contributed by atoms with E-state index in [2.05, 4.69) is 167 Å². The van der Waals surface area contributed by atoms with Crippen LogP contribution in [0.3, 0.4) is 0 Å². The van der Waals surface area contributed by atoms with Crippen molar-refractivity contribution in [1.29, 1.82) is 0 Å². The van der Waals surface area contributed by atoms with Crippen molar-refractivity contribution in [2.45, 2.75) is 0 Å². The Bertz CT molecular complexity index is 3340. The van der Waals surface area contributed by atoms with Gasteiger partial charge in [0, 0.05) is 67.3 Å². The molecule has 0 unspecified atom stereocenters. The van der Waals surface area contributed by atoms with Gasteiger partial charge in [-0.1, -0.05) is 109 Å². The number of rotatable bonds is 5. The van der Waals surface area contributed by atoms with Crippen molar-refractivity contribution in [2.24, 2.45) is 0 Å². The van der Waals surface area contributed by atoms with Crippen molar-refractivity contribution < 1.29 is 8.83 Å². The van der Waals surface area contributed by atoms with E-state index in [9.17, 15) is 0 Å². The second-order valence-electron chi connectivity index (χ2n) is 14.1. The minimum Gasteiger partial charge on any atom is -0.456 e. The van der Waals surface area contributed by atoms with Crippen LogP contribution in [0.25, 0.3) is 92.1 Å². The average Bonchev–Trinajstić information content (AvgIpc) is 3.99. The first-order valence-corrected chi connectivity index (χ1v) is 19.3. The van der Waals surface area contributed by atoms with Gasteiger partial charge in [-0.3, -0.25) is 4.40 Å². The van der Waals surface area contributed by atoms with E-state index < -0.39 is 0 Å². The van der Waals surface area contributed by atoms with E-state index in [1.54, 1.807) is 0 Å². The Hall–Kier alpha value is -7.08. The SMILES string of the molecule is c1ccc(-c2c3ccccc3n3c2sc2c(-c4cccc(N(c5ccc6c(c5)oc5ccccc56)c5ccc6c(c5)oc5ccccc56)c4)cccc23)cc1. The Morgan fingerprint density at radius 3 is 1.65 bits per heavy atom. The van der Waals surface area contributed by atoms with Gasteiger partial charge < -0.3 is 13.7 Å². The topological polar surface area (TPSA) is 33.9 Å². The summed E-state index contributed by atoms with van der Waals surface area (Å²) in [5, 5.41) is 5.71. The highest BCUT2D eigenvalue weighted by Gasteiger charge is 2.22. The van der Waals surface area contributed by atoms with E-state index in [1.165, 1.54) is 42.6 Å². The largest absolute Gasteiger partial charge is 0.456 e. The van der Waals surface area contributed by atoms with Crippen molar-refractivity contribution in [3.63, 3.8) is 0 Å². The number of furan rings is 2. The molecule has 12 aromatic rings. The molecule has 5 heteroatoms. The Morgan fingerprint density at radius 1 is 0.400 bits per heavy atom. The van der Waals surface area contributed by atoms with Gasteiger partial charge in [0.05, 0.1) is 15.7 Å². The summed E-state index contributed by atoms with van der Waals surface area (Å²) < 4.78 is 16.5. The third-order valence-corrected chi connectivity index (χ3v) is 12.2. The molecule has 0 saturated heterocycles. The number of hydrogen-bond acceptors (Lipinski definition) is 4. The number of para-hydroxylation sites is 3. The third kappa shape index (κ3) is 4.57. The fraction of sp³-hybridized carbons (Fsp3) is 0. The lowest BCUT2D eigenvalue weighted by Crippen LogP contribution is -2.09. The van der Waals surface area contributed by atoms with E-state index in [1.807, 2.05) is 35.6 Å². The van der Waals surface area contributed by atoms with Crippen LogP contribution in [0, 0.1) is 0 Å². The van der Waals surface area contributed by atoms with Crippen LogP contribution in [0.15, 0.2) is 191 Å². The lowest BCUT2D eigenvalue weighted by molar-refractivity contribution is 0.669. The number of nitrogens with zero attached hydrogens (tertiary/aromatic N) is 2. The van der Waals surface area contributed by atoms with Gasteiger partial charge in [0.2, 0.25) is 0 Å². The molecule has 0 bridgehead atoms. The smallest absolute Gasteiger partial charge is 0.137 e. The molecule has 8 aromatic carbocycles. The van der Waals surface area contributed by atoms with Gasteiger partial charge in [-0.15, -0.1) is 11.3 Å². The van der Waals surface area contributed by atoms with Gasteiger partial charge in [-0.05, 0) is 71.8 Å². The zero-order valence-corrected chi connectivity index (χ0v) is 30.3. The lowest BCUT2D eigenvalue weighted by Gasteiger charge is -2.26. The molecule has 0 spiro atoms. The van der Waals surface area contributed by atoms with Gasteiger partial charge in [0.1, 0.15) is 27.2 Å². The Labute approximate surface area is 319 Å². The van der Waals surface area contributed by atoms with Gasteiger partial charge in [0.15, 0.2) is 0 Å². The second kappa shape index (κ2) is 11.7. The van der Waals surface area contributed by atoms with E-state index in [-0.39, 0.29) is 0 Å². The maximum atomic E-state index is 6.41. The summed E-state index contributed by atoms with van der Waals surface area (Å²) in [7, 11) is 0. The molecule has 12 rings (SSSR count). The summed E-state index contributed by atoms with van der Waals surface area (Å²) in [6.45, 7) is 0. The highest BCUT2D eigenvalue weighted by atomic mass is 32.1. The second-order valence-corrected chi connectivity index (χ2v) is 15.1. The van der Waals surface area contributed by atoms with Crippen LogP contribution < -0.4 is 4.90 Å². The van der Waals surface area contributed by atoms with Crippen LogP contribution in [0.1, 0.15) is 0 Å². The number of hydrogen-bond donors (Lipinski definition) is 0. The monoisotopic (exact) mass is 722 g/mol. The van der Waals surface area contributed by atoms with Crippen molar-refractivity contribution in [3.05, 3.63) is 182 Å². The van der Waals surface area contributed by atoms with Gasteiger partial charge in [0.25, 0.3) is 0 Å². The normalized spacial score (nSPS) is 12.0. The van der Waals surface area contributed by atoms with Crippen LogP contribution in [0.4, 0.5) is 17.1 Å². The van der Waals surface area contributed by atoms with Crippen LogP contribution in [0.5, 0.6) is 0 Å². The molecule has 4 nitrogen and oxygen atoms in total. The number of fused-ring (bicyclic) bond motifs is 11. The summed E-state index contributed by atoms with van der Waals surface area (Å²) in [5.74, 6) is 0. The summed E-state index contributed by atoms with van der Waals surface area (Å²) in [6.07, 6.45) is 0. The number of thiazole rings is 1. The lowest BCUT2D eigenvalue weighted by atomic mass is 10.0. The molecule has 0 N–H and O–H groups in total. The fourth-order valence-electron chi connectivity index (χ4n) is 8.54. The average molecular weight is 723 g/mol. The third-order valence-electron chi connectivity index (χ3n) is 11.0. The fourth-order valence-corrected chi connectivity index (χ4v) is 9.91. The first-order valence-electron chi connectivity index (χ1n) is 18.5. The Kier molecular flexibility index (Phi) is 6.47. The minimum atomic E-state index is 0.852. The predicted octanol–water partition coefficient (Wildman–Crippen LogP) is 14.9. The first kappa shape index (κ1) is 30.4. The molecule has 0 atom stereocenters. The molecule has 4 aromatic heterocycles. The summed E-state index contributed by atoms with van der Waals surface area (Å²) in [5.41, 5.74) is 13.8. The predicted molar refractivity (Wildman–Crippen MR) is 230 cm³/mol. The Balaban J connectivity index is 1.06. The minimum absolute atomic E-state index is 0.852. The summed E-state index contributed by atoms with van der Waals surface area (Å²) >= 11 is 1.87. The quantitative estimate of drug-likeness (QED) is 0.177. The molecule has 55 heavy (non-hydrogen) atoms. The van der Waals surface area contributed by atoms with Crippen LogP contribution >= 0.6 is 11.3 Å². The van der Waals surface area contributed by atoms with Gasteiger partial charge in [-0.25, -0.2) is 0 Å². The van der Waals surface area contributed by atoms with Gasteiger partial charge >= 0.3 is 0 Å². The van der Waals surface area contributed by atoms with E-state index in [0.717, 1.165) is 66.5 Å². The molecule has 0 amide bonds. The molecule has 0 aliphatic rings. The molecule has 258 valence electrons. The molecule has 0 saturated carbocycles. The number of benzene rings is 8. The molecule has 4 heterocycles. The standard InChI is InChI=1S/C50H30N2O2S/c1-2-12-31(13-3-1)48-41-18-4-7-20-42(41)52-43-21-11-19-36(49(43)55-50(48)52)32-14-10-15-33(28-32)51(34-24-26-39-37-16-5-8-22-44(37)53-46(39)29-34)35-25-27-40-38-17-6-9-23-45(38)54-47(40)30-35/h1-30H. The van der Waals surface area contributed by atoms with E-state index in [0.29, 0.717) is 0 Å². The zero-order chi connectivity index (χ0) is 36.0. The highest BCUT2D eigenvalue weighted by molar-refractivity contribution is 7.25. The number of aromatic nitrogens is 1. The van der Waals surface area contributed by atoms with Crippen molar-refractivity contribution in [1.82, 2.24) is 4.40 Å².